The van der Waals surface area contributed by atoms with E-state index in [-0.39, 0.29) is 12.4 Å². The predicted octanol–water partition coefficient (Wildman–Crippen LogP) is 1.07. The summed E-state index contributed by atoms with van der Waals surface area (Å²) in [7, 11) is 1.46. The number of phenols is 1. The van der Waals surface area contributed by atoms with Gasteiger partial charge in [0.25, 0.3) is 6.47 Å². The fourth-order valence-electron chi connectivity index (χ4n) is 0.942. The van der Waals surface area contributed by atoms with Crippen molar-refractivity contribution in [3.05, 3.63) is 23.8 Å². The summed E-state index contributed by atoms with van der Waals surface area (Å²) in [5, 5.41) is 9.23. The zero-order valence-electron chi connectivity index (χ0n) is 7.19. The van der Waals surface area contributed by atoms with E-state index < -0.39 is 0 Å². The number of hydrogen-bond donors (Lipinski definition) is 1. The van der Waals surface area contributed by atoms with Crippen LogP contribution >= 0.6 is 0 Å². The van der Waals surface area contributed by atoms with Gasteiger partial charge in [-0.2, -0.15) is 0 Å². The molecular weight excluding hydrogens is 172 g/mol. The molecule has 0 aliphatic rings. The minimum absolute atomic E-state index is 0.0670. The number of benzene rings is 1. The SMILES string of the molecule is COc1cc(COC=O)ccc1O. The van der Waals surface area contributed by atoms with Crippen LogP contribution in [0.15, 0.2) is 18.2 Å². The van der Waals surface area contributed by atoms with Gasteiger partial charge in [-0.3, -0.25) is 4.79 Å². The molecule has 13 heavy (non-hydrogen) atoms. The molecule has 1 rings (SSSR count). The molecule has 0 aliphatic heterocycles. The average Bonchev–Trinajstić information content (AvgIpc) is 2.16. The van der Waals surface area contributed by atoms with Gasteiger partial charge in [0.1, 0.15) is 6.61 Å². The Morgan fingerprint density at radius 2 is 2.31 bits per heavy atom. The lowest BCUT2D eigenvalue weighted by Gasteiger charge is -2.05. The summed E-state index contributed by atoms with van der Waals surface area (Å²) in [4.78, 5) is 9.90. The maximum atomic E-state index is 9.90. The summed E-state index contributed by atoms with van der Waals surface area (Å²) in [5.41, 5.74) is 0.766. The van der Waals surface area contributed by atoms with Gasteiger partial charge in [0.2, 0.25) is 0 Å². The van der Waals surface area contributed by atoms with Crippen molar-refractivity contribution in [1.29, 1.82) is 0 Å². The van der Waals surface area contributed by atoms with Crippen molar-refractivity contribution in [1.82, 2.24) is 0 Å². The van der Waals surface area contributed by atoms with E-state index in [0.29, 0.717) is 12.2 Å². The number of methoxy groups -OCH3 is 1. The lowest BCUT2D eigenvalue weighted by Crippen LogP contribution is -1.91. The predicted molar refractivity (Wildman–Crippen MR) is 45.5 cm³/mol. The minimum Gasteiger partial charge on any atom is -0.504 e. The Hall–Kier alpha value is -1.71. The smallest absolute Gasteiger partial charge is 0.293 e. The molecule has 0 atom stereocenters. The molecule has 0 amide bonds. The second-order valence-corrected chi connectivity index (χ2v) is 2.41. The Kier molecular flexibility index (Phi) is 3.14. The quantitative estimate of drug-likeness (QED) is 0.708. The van der Waals surface area contributed by atoms with Gasteiger partial charge in [-0.25, -0.2) is 0 Å². The van der Waals surface area contributed by atoms with Crippen LogP contribution in [-0.2, 0) is 16.1 Å². The second kappa shape index (κ2) is 4.35. The number of rotatable bonds is 4. The zero-order chi connectivity index (χ0) is 9.68. The lowest BCUT2D eigenvalue weighted by atomic mass is 10.2. The highest BCUT2D eigenvalue weighted by molar-refractivity contribution is 5.42. The maximum Gasteiger partial charge on any atom is 0.293 e. The Morgan fingerprint density at radius 3 is 2.92 bits per heavy atom. The normalized spacial score (nSPS) is 9.31. The zero-order valence-corrected chi connectivity index (χ0v) is 7.19. The highest BCUT2D eigenvalue weighted by Gasteiger charge is 2.02. The maximum absolute atomic E-state index is 9.90. The van der Waals surface area contributed by atoms with Crippen LogP contribution in [0.3, 0.4) is 0 Å². The first kappa shape index (κ1) is 9.38. The second-order valence-electron chi connectivity index (χ2n) is 2.41. The van der Waals surface area contributed by atoms with Crippen molar-refractivity contribution < 1.29 is 19.4 Å². The molecular formula is C9H10O4. The molecule has 4 nitrogen and oxygen atoms in total. The van der Waals surface area contributed by atoms with Gasteiger partial charge in [0.15, 0.2) is 11.5 Å². The molecule has 1 aromatic carbocycles. The van der Waals surface area contributed by atoms with Crippen LogP contribution in [0, 0.1) is 0 Å². The molecule has 1 N–H and O–H groups in total. The third kappa shape index (κ3) is 2.37. The van der Waals surface area contributed by atoms with E-state index in [0.717, 1.165) is 5.56 Å². The standard InChI is InChI=1S/C9H10O4/c1-12-9-4-7(5-13-6-10)2-3-8(9)11/h2-4,6,11H,5H2,1H3. The summed E-state index contributed by atoms with van der Waals surface area (Å²) in [6.45, 7) is 0.555. The first-order chi connectivity index (χ1) is 6.27. The molecule has 70 valence electrons. The number of carbonyl (C=O) groups excluding carboxylic acids is 1. The molecule has 0 heterocycles. The molecule has 0 aliphatic carbocycles. The van der Waals surface area contributed by atoms with Gasteiger partial charge in [-0.15, -0.1) is 0 Å². The van der Waals surface area contributed by atoms with E-state index in [4.69, 9.17) is 4.74 Å². The van der Waals surface area contributed by atoms with Crippen molar-refractivity contribution in [2.24, 2.45) is 0 Å². The minimum atomic E-state index is 0.0670. The molecule has 0 fully saturated rings. The molecule has 0 aromatic heterocycles. The Labute approximate surface area is 75.7 Å². The van der Waals surface area contributed by atoms with Crippen LogP contribution in [-0.4, -0.2) is 18.7 Å². The lowest BCUT2D eigenvalue weighted by molar-refractivity contribution is -0.129. The molecule has 1 aromatic rings. The fourth-order valence-corrected chi connectivity index (χ4v) is 0.942. The first-order valence-corrected chi connectivity index (χ1v) is 3.69. The van der Waals surface area contributed by atoms with E-state index in [1.54, 1.807) is 12.1 Å². The van der Waals surface area contributed by atoms with Crippen LogP contribution < -0.4 is 4.74 Å². The van der Waals surface area contributed by atoms with E-state index in [9.17, 15) is 9.90 Å². The van der Waals surface area contributed by atoms with Crippen molar-refractivity contribution in [3.8, 4) is 11.5 Å². The average molecular weight is 182 g/mol. The summed E-state index contributed by atoms with van der Waals surface area (Å²) >= 11 is 0. The topological polar surface area (TPSA) is 55.8 Å². The molecule has 0 saturated carbocycles. The molecule has 0 spiro atoms. The van der Waals surface area contributed by atoms with Gasteiger partial charge in [0, 0.05) is 0 Å². The summed E-state index contributed by atoms with van der Waals surface area (Å²) in [5.74, 6) is 0.435. The monoisotopic (exact) mass is 182 g/mol. The third-order valence-electron chi connectivity index (χ3n) is 1.56. The summed E-state index contributed by atoms with van der Waals surface area (Å²) in [6, 6.07) is 4.75. The van der Waals surface area contributed by atoms with E-state index in [1.165, 1.54) is 13.2 Å². The van der Waals surface area contributed by atoms with Crippen molar-refractivity contribution >= 4 is 6.47 Å². The summed E-state index contributed by atoms with van der Waals surface area (Å²) < 4.78 is 9.41. The number of carbonyl (C=O) groups is 1. The van der Waals surface area contributed by atoms with Crippen LogP contribution in [0.1, 0.15) is 5.56 Å². The Balaban J connectivity index is 2.79. The van der Waals surface area contributed by atoms with Gasteiger partial charge in [-0.1, -0.05) is 6.07 Å². The molecule has 0 saturated heterocycles. The van der Waals surface area contributed by atoms with Crippen molar-refractivity contribution in [2.75, 3.05) is 7.11 Å². The molecule has 0 radical (unpaired) electrons. The first-order valence-electron chi connectivity index (χ1n) is 3.69. The summed E-state index contributed by atoms with van der Waals surface area (Å²) in [6.07, 6.45) is 0. The van der Waals surface area contributed by atoms with E-state index in [2.05, 4.69) is 4.74 Å². The Morgan fingerprint density at radius 1 is 1.54 bits per heavy atom. The highest BCUT2D eigenvalue weighted by atomic mass is 16.5. The van der Waals surface area contributed by atoms with Crippen LogP contribution in [0.4, 0.5) is 0 Å². The highest BCUT2D eigenvalue weighted by Crippen LogP contribution is 2.26. The third-order valence-corrected chi connectivity index (χ3v) is 1.56. The molecule has 0 bridgehead atoms. The van der Waals surface area contributed by atoms with Crippen molar-refractivity contribution in [3.63, 3.8) is 0 Å². The van der Waals surface area contributed by atoms with Gasteiger partial charge < -0.3 is 14.6 Å². The molecule has 4 heteroatoms. The van der Waals surface area contributed by atoms with Gasteiger partial charge in [-0.05, 0) is 17.7 Å². The van der Waals surface area contributed by atoms with E-state index >= 15 is 0 Å². The van der Waals surface area contributed by atoms with E-state index in [1.807, 2.05) is 0 Å². The van der Waals surface area contributed by atoms with Gasteiger partial charge in [0.05, 0.1) is 7.11 Å². The van der Waals surface area contributed by atoms with Crippen molar-refractivity contribution in [2.45, 2.75) is 6.61 Å². The van der Waals surface area contributed by atoms with Crippen LogP contribution in [0.5, 0.6) is 11.5 Å². The number of phenolic OH excluding ortho intramolecular Hbond substituents is 1. The number of aromatic hydroxyl groups is 1. The largest absolute Gasteiger partial charge is 0.504 e. The van der Waals surface area contributed by atoms with Crippen LogP contribution in [0.25, 0.3) is 0 Å². The number of ether oxygens (including phenoxy) is 2. The van der Waals surface area contributed by atoms with Crippen LogP contribution in [0.2, 0.25) is 0 Å². The van der Waals surface area contributed by atoms with Gasteiger partial charge >= 0.3 is 0 Å². The Bertz CT molecular complexity index is 296. The molecule has 0 unspecified atom stereocenters. The fraction of sp³-hybridized carbons (Fsp3) is 0.222. The number of hydrogen-bond acceptors (Lipinski definition) is 4.